The maximum absolute atomic E-state index is 13.1. The highest BCUT2D eigenvalue weighted by atomic mass is 19.3. The van der Waals surface area contributed by atoms with Crippen LogP contribution in [0.4, 0.5) is 25.2 Å². The number of rotatable bonds is 5. The molecule has 9 heteroatoms. The molecular formula is C24H26F2N4O3. The number of amides is 2. The third-order valence-electron chi connectivity index (χ3n) is 5.27. The minimum Gasteiger partial charge on any atom is -0.449 e. The van der Waals surface area contributed by atoms with Gasteiger partial charge in [-0.15, -0.1) is 0 Å². The van der Waals surface area contributed by atoms with Crippen LogP contribution >= 0.6 is 0 Å². The molecule has 3 aromatic rings. The van der Waals surface area contributed by atoms with Crippen molar-refractivity contribution in [1.82, 2.24) is 9.55 Å². The molecule has 1 aliphatic heterocycles. The van der Waals surface area contributed by atoms with Gasteiger partial charge in [-0.3, -0.25) is 15.0 Å². The molecule has 0 spiro atoms. The normalized spacial score (nSPS) is 14.6. The molecule has 174 valence electrons. The Labute approximate surface area is 190 Å². The molecule has 1 aliphatic rings. The van der Waals surface area contributed by atoms with Crippen LogP contribution in [0.3, 0.4) is 0 Å². The predicted molar refractivity (Wildman–Crippen MR) is 122 cm³/mol. The molecule has 7 nitrogen and oxygen atoms in total. The van der Waals surface area contributed by atoms with Gasteiger partial charge >= 0.3 is 6.09 Å². The van der Waals surface area contributed by atoms with Crippen molar-refractivity contribution in [2.24, 2.45) is 5.41 Å². The Bertz CT molecular complexity index is 1200. The Morgan fingerprint density at radius 2 is 2.00 bits per heavy atom. The van der Waals surface area contributed by atoms with E-state index >= 15 is 0 Å². The summed E-state index contributed by atoms with van der Waals surface area (Å²) >= 11 is 0. The molecule has 4 rings (SSSR count). The molecule has 2 aromatic carbocycles. The van der Waals surface area contributed by atoms with Crippen molar-refractivity contribution < 1.29 is 23.1 Å². The zero-order chi connectivity index (χ0) is 23.8. The number of hydrogen-bond acceptors (Lipinski definition) is 4. The number of aromatic nitrogens is 2. The molecule has 0 bridgehead atoms. The fourth-order valence-corrected chi connectivity index (χ4v) is 3.79. The number of ether oxygens (including phenoxy) is 1. The van der Waals surface area contributed by atoms with Gasteiger partial charge in [0.25, 0.3) is 12.3 Å². The summed E-state index contributed by atoms with van der Waals surface area (Å²) < 4.78 is 33.1. The lowest BCUT2D eigenvalue weighted by Gasteiger charge is -2.26. The van der Waals surface area contributed by atoms with E-state index in [0.717, 1.165) is 11.9 Å². The highest BCUT2D eigenvalue weighted by Crippen LogP contribution is 2.30. The molecule has 2 amide bonds. The van der Waals surface area contributed by atoms with Gasteiger partial charge in [0.2, 0.25) is 5.95 Å². The van der Waals surface area contributed by atoms with Gasteiger partial charge in [0.15, 0.2) is 0 Å². The number of nitrogens with one attached hydrogen (secondary N) is 1. The molecule has 1 aromatic heterocycles. The Balaban J connectivity index is 1.71. The lowest BCUT2D eigenvalue weighted by atomic mass is 9.97. The maximum atomic E-state index is 13.1. The average molecular weight is 456 g/mol. The Morgan fingerprint density at radius 3 is 2.70 bits per heavy atom. The number of nitrogens with zero attached hydrogens (tertiary/aromatic N) is 3. The van der Waals surface area contributed by atoms with E-state index in [9.17, 15) is 18.4 Å². The smallest absolute Gasteiger partial charge is 0.414 e. The van der Waals surface area contributed by atoms with Crippen LogP contribution in [0.5, 0.6) is 0 Å². The van der Waals surface area contributed by atoms with Gasteiger partial charge in [0.1, 0.15) is 0 Å². The van der Waals surface area contributed by atoms with Crippen LogP contribution in [-0.2, 0) is 11.3 Å². The molecule has 33 heavy (non-hydrogen) atoms. The number of fused-ring (bicyclic) bond motifs is 1. The van der Waals surface area contributed by atoms with Crippen LogP contribution < -0.4 is 10.2 Å². The molecule has 2 heterocycles. The number of benzene rings is 2. The summed E-state index contributed by atoms with van der Waals surface area (Å²) in [6, 6.07) is 10.8. The first-order valence-corrected chi connectivity index (χ1v) is 10.8. The number of imidazole rings is 1. The van der Waals surface area contributed by atoms with Crippen molar-refractivity contribution in [3.05, 3.63) is 53.6 Å². The largest absolute Gasteiger partial charge is 0.449 e. The topological polar surface area (TPSA) is 76.5 Å². The van der Waals surface area contributed by atoms with Crippen molar-refractivity contribution in [3.63, 3.8) is 0 Å². The van der Waals surface area contributed by atoms with Crippen LogP contribution in [0, 0.1) is 5.41 Å². The zero-order valence-electron chi connectivity index (χ0n) is 18.8. The monoisotopic (exact) mass is 456 g/mol. The highest BCUT2D eigenvalue weighted by Gasteiger charge is 2.24. The van der Waals surface area contributed by atoms with Gasteiger partial charge in [0, 0.05) is 29.9 Å². The summed E-state index contributed by atoms with van der Waals surface area (Å²) in [5, 5.41) is 2.78. The molecule has 0 saturated carbocycles. The second-order valence-corrected chi connectivity index (χ2v) is 9.26. The SMILES string of the molecule is CC(C)(C)Cn1c(NC(=O)c2cccc(C(F)F)c2)nc2cc(N3CCCOC3=O)ccc21. The van der Waals surface area contributed by atoms with Gasteiger partial charge in [-0.2, -0.15) is 0 Å². The summed E-state index contributed by atoms with van der Waals surface area (Å²) in [5.74, 6) is -0.214. The summed E-state index contributed by atoms with van der Waals surface area (Å²) in [6.45, 7) is 7.71. The predicted octanol–water partition coefficient (Wildman–Crippen LogP) is 5.62. The van der Waals surface area contributed by atoms with E-state index in [4.69, 9.17) is 4.74 Å². The van der Waals surface area contributed by atoms with Gasteiger partial charge in [-0.1, -0.05) is 32.9 Å². The highest BCUT2D eigenvalue weighted by molar-refractivity contribution is 6.04. The summed E-state index contributed by atoms with van der Waals surface area (Å²) in [6.07, 6.45) is -2.33. The van der Waals surface area contributed by atoms with Gasteiger partial charge in [-0.25, -0.2) is 18.6 Å². The average Bonchev–Trinajstić information content (AvgIpc) is 3.08. The first-order valence-electron chi connectivity index (χ1n) is 10.8. The van der Waals surface area contributed by atoms with Gasteiger partial charge < -0.3 is 9.30 Å². The molecule has 0 aliphatic carbocycles. The standard InChI is InChI=1S/C24H26F2N4O3/c1-24(2,3)14-30-19-9-8-17(29-10-5-11-33-23(29)32)13-18(19)27-22(30)28-21(31)16-7-4-6-15(12-16)20(25)26/h4,6-9,12-13,20H,5,10-11,14H2,1-3H3,(H,27,28,31). The van der Waals surface area contributed by atoms with E-state index in [0.29, 0.717) is 36.8 Å². The van der Waals surface area contributed by atoms with E-state index in [-0.39, 0.29) is 16.5 Å². The van der Waals surface area contributed by atoms with E-state index in [1.807, 2.05) is 16.7 Å². The molecule has 1 saturated heterocycles. The fourth-order valence-electron chi connectivity index (χ4n) is 3.79. The first kappa shape index (κ1) is 22.7. The van der Waals surface area contributed by atoms with Crippen molar-refractivity contribution in [3.8, 4) is 0 Å². The molecule has 1 N–H and O–H groups in total. The molecule has 1 fully saturated rings. The Hall–Kier alpha value is -3.49. The van der Waals surface area contributed by atoms with Crippen molar-refractivity contribution >= 4 is 34.7 Å². The molecular weight excluding hydrogens is 430 g/mol. The van der Waals surface area contributed by atoms with Crippen molar-refractivity contribution in [1.29, 1.82) is 0 Å². The first-order chi connectivity index (χ1) is 15.6. The minimum absolute atomic E-state index is 0.124. The minimum atomic E-state index is -2.66. The number of anilines is 2. The second kappa shape index (κ2) is 8.80. The summed E-state index contributed by atoms with van der Waals surface area (Å²) in [4.78, 5) is 31.2. The van der Waals surface area contributed by atoms with Gasteiger partial charge in [0.05, 0.1) is 17.6 Å². The molecule has 0 radical (unpaired) electrons. The summed E-state index contributed by atoms with van der Waals surface area (Å²) in [5.41, 5.74) is 1.83. The number of carbonyl (C=O) groups excluding carboxylic acids is 2. The van der Waals surface area contributed by atoms with E-state index in [1.165, 1.54) is 24.3 Å². The van der Waals surface area contributed by atoms with Crippen LogP contribution in [0.25, 0.3) is 11.0 Å². The zero-order valence-corrected chi connectivity index (χ0v) is 18.8. The van der Waals surface area contributed by atoms with E-state index in [2.05, 4.69) is 31.1 Å². The van der Waals surface area contributed by atoms with Crippen LogP contribution in [0.15, 0.2) is 42.5 Å². The van der Waals surface area contributed by atoms with Crippen LogP contribution in [0.1, 0.15) is 49.5 Å². The number of alkyl halides is 2. The third kappa shape index (κ3) is 4.97. The fraction of sp³-hybridized carbons (Fsp3) is 0.375. The van der Waals surface area contributed by atoms with Crippen LogP contribution in [-0.4, -0.2) is 34.7 Å². The number of hydrogen-bond donors (Lipinski definition) is 1. The molecule has 0 unspecified atom stereocenters. The van der Waals surface area contributed by atoms with E-state index in [1.54, 1.807) is 11.0 Å². The summed E-state index contributed by atoms with van der Waals surface area (Å²) in [7, 11) is 0. The van der Waals surface area contributed by atoms with Crippen molar-refractivity contribution in [2.75, 3.05) is 23.4 Å². The van der Waals surface area contributed by atoms with Crippen molar-refractivity contribution in [2.45, 2.75) is 40.2 Å². The second-order valence-electron chi connectivity index (χ2n) is 9.26. The maximum Gasteiger partial charge on any atom is 0.414 e. The van der Waals surface area contributed by atoms with Gasteiger partial charge in [-0.05, 0) is 42.2 Å². The number of halogens is 2. The van der Waals surface area contributed by atoms with E-state index < -0.39 is 18.4 Å². The third-order valence-corrected chi connectivity index (χ3v) is 5.27. The van der Waals surface area contributed by atoms with Crippen LogP contribution in [0.2, 0.25) is 0 Å². The quantitative estimate of drug-likeness (QED) is 0.541. The Kier molecular flexibility index (Phi) is 6.05. The Morgan fingerprint density at radius 1 is 1.21 bits per heavy atom. The number of cyclic esters (lactones) is 1. The number of carbonyl (C=O) groups is 2. The molecule has 0 atom stereocenters. The lowest BCUT2D eigenvalue weighted by molar-refractivity contribution is 0.102. The lowest BCUT2D eigenvalue weighted by Crippen LogP contribution is -2.37.